The summed E-state index contributed by atoms with van der Waals surface area (Å²) in [5.74, 6) is -0.154. The lowest BCUT2D eigenvalue weighted by Gasteiger charge is -2.29. The van der Waals surface area contributed by atoms with Crippen LogP contribution in [-0.4, -0.2) is 27.1 Å². The summed E-state index contributed by atoms with van der Waals surface area (Å²) < 4.78 is 30.8. The predicted octanol–water partition coefficient (Wildman–Crippen LogP) is 3.01. The third-order valence-corrected chi connectivity index (χ3v) is 5.22. The molecule has 0 unspecified atom stereocenters. The largest absolute Gasteiger partial charge is 0.444 e. The summed E-state index contributed by atoms with van der Waals surface area (Å²) in [5, 5.41) is 2.75. The number of aryl methyl sites for hydroxylation is 1. The average Bonchev–Trinajstić information content (AvgIpc) is 2.92. The summed E-state index contributed by atoms with van der Waals surface area (Å²) in [6.45, 7) is 0.484. The van der Waals surface area contributed by atoms with E-state index in [1.54, 1.807) is 24.3 Å². The summed E-state index contributed by atoms with van der Waals surface area (Å²) in [6, 6.07) is 8.44. The van der Waals surface area contributed by atoms with Gasteiger partial charge in [0.25, 0.3) is 5.91 Å². The molecule has 1 N–H and O–H groups in total. The number of nitrogens with zero attached hydrogens (tertiary/aromatic N) is 1. The van der Waals surface area contributed by atoms with Gasteiger partial charge >= 0.3 is 0 Å². The summed E-state index contributed by atoms with van der Waals surface area (Å²) >= 11 is 3.15. The first-order valence-electron chi connectivity index (χ1n) is 7.02. The van der Waals surface area contributed by atoms with Gasteiger partial charge in [-0.1, -0.05) is 0 Å². The minimum Gasteiger partial charge on any atom is -0.444 e. The van der Waals surface area contributed by atoms with Gasteiger partial charge in [-0.05, 0) is 64.7 Å². The number of halogens is 1. The molecule has 1 amide bonds. The normalized spacial score (nSPS) is 14.4. The van der Waals surface area contributed by atoms with Crippen LogP contribution in [0.25, 0.3) is 0 Å². The van der Waals surface area contributed by atoms with Crippen LogP contribution in [0.4, 0.5) is 11.4 Å². The van der Waals surface area contributed by atoms with Crippen molar-refractivity contribution in [2.45, 2.75) is 12.8 Å². The second-order valence-corrected chi connectivity index (χ2v) is 8.03. The molecular weight excluding hydrogens is 384 g/mol. The fourth-order valence-electron chi connectivity index (χ4n) is 2.61. The van der Waals surface area contributed by atoms with E-state index in [4.69, 9.17) is 4.42 Å². The molecule has 8 heteroatoms. The first kappa shape index (κ1) is 16.1. The maximum Gasteiger partial charge on any atom is 0.291 e. The van der Waals surface area contributed by atoms with Crippen LogP contribution in [0, 0.1) is 0 Å². The Bertz CT molecular complexity index is 860. The van der Waals surface area contributed by atoms with Crippen molar-refractivity contribution in [2.75, 3.05) is 22.4 Å². The Morgan fingerprint density at radius 1 is 1.30 bits per heavy atom. The van der Waals surface area contributed by atoms with Gasteiger partial charge in [0, 0.05) is 12.2 Å². The van der Waals surface area contributed by atoms with Crippen molar-refractivity contribution < 1.29 is 17.6 Å². The number of anilines is 2. The van der Waals surface area contributed by atoms with Crippen molar-refractivity contribution in [1.29, 1.82) is 0 Å². The summed E-state index contributed by atoms with van der Waals surface area (Å²) in [5.41, 5.74) is 2.19. The molecule has 3 rings (SSSR count). The molecule has 1 aromatic heterocycles. The Hall–Kier alpha value is -1.80. The van der Waals surface area contributed by atoms with Crippen LogP contribution in [0.3, 0.4) is 0 Å². The zero-order valence-electron chi connectivity index (χ0n) is 12.4. The third kappa shape index (κ3) is 3.42. The number of carbonyl (C=O) groups is 1. The highest BCUT2D eigenvalue weighted by Gasteiger charge is 2.24. The number of nitrogens with one attached hydrogen (secondary N) is 1. The van der Waals surface area contributed by atoms with Crippen molar-refractivity contribution >= 4 is 43.2 Å². The highest BCUT2D eigenvalue weighted by molar-refractivity contribution is 9.10. The summed E-state index contributed by atoms with van der Waals surface area (Å²) in [6.07, 6.45) is 2.73. The van der Waals surface area contributed by atoms with E-state index in [1.165, 1.54) is 10.6 Å². The van der Waals surface area contributed by atoms with Gasteiger partial charge in [-0.15, -0.1) is 0 Å². The fourth-order valence-corrected chi connectivity index (χ4v) is 3.92. The highest BCUT2D eigenvalue weighted by Crippen LogP contribution is 2.31. The average molecular weight is 399 g/mol. The smallest absolute Gasteiger partial charge is 0.291 e. The Morgan fingerprint density at radius 3 is 2.74 bits per heavy atom. The van der Waals surface area contributed by atoms with Gasteiger partial charge in [-0.25, -0.2) is 8.42 Å². The molecule has 0 saturated carbocycles. The number of amides is 1. The van der Waals surface area contributed by atoms with Crippen LogP contribution in [0.5, 0.6) is 0 Å². The van der Waals surface area contributed by atoms with Gasteiger partial charge in [-0.2, -0.15) is 0 Å². The molecule has 0 aliphatic carbocycles. The Morgan fingerprint density at radius 2 is 2.09 bits per heavy atom. The molecule has 6 nitrogen and oxygen atoms in total. The van der Waals surface area contributed by atoms with E-state index in [2.05, 4.69) is 21.2 Å². The molecule has 23 heavy (non-hydrogen) atoms. The fraction of sp³-hybridized carbons (Fsp3) is 0.267. The number of fused-ring (bicyclic) bond motifs is 1. The van der Waals surface area contributed by atoms with E-state index in [1.807, 2.05) is 6.07 Å². The second-order valence-electron chi connectivity index (χ2n) is 5.34. The number of sulfonamides is 1. The molecule has 0 fully saturated rings. The zero-order valence-corrected chi connectivity index (χ0v) is 14.8. The van der Waals surface area contributed by atoms with Gasteiger partial charge < -0.3 is 9.73 Å². The number of benzene rings is 1. The van der Waals surface area contributed by atoms with Crippen LogP contribution < -0.4 is 9.62 Å². The number of hydrogen-bond donors (Lipinski definition) is 1. The van der Waals surface area contributed by atoms with Crippen molar-refractivity contribution in [3.63, 3.8) is 0 Å². The second kappa shape index (κ2) is 6.01. The SMILES string of the molecule is CS(=O)(=O)N1CCCc2cc(NC(=O)c3ccc(Br)o3)ccc21. The van der Waals surface area contributed by atoms with Gasteiger partial charge in [-0.3, -0.25) is 9.10 Å². The quantitative estimate of drug-likeness (QED) is 0.861. The van der Waals surface area contributed by atoms with E-state index < -0.39 is 10.0 Å². The molecule has 0 spiro atoms. The van der Waals surface area contributed by atoms with Crippen molar-refractivity contribution in [3.8, 4) is 0 Å². The molecule has 2 aromatic rings. The van der Waals surface area contributed by atoms with Crippen LogP contribution in [0.1, 0.15) is 22.5 Å². The van der Waals surface area contributed by atoms with Crippen LogP contribution in [0.2, 0.25) is 0 Å². The van der Waals surface area contributed by atoms with E-state index in [0.717, 1.165) is 18.4 Å². The minimum atomic E-state index is -3.29. The molecule has 122 valence electrons. The van der Waals surface area contributed by atoms with Crippen LogP contribution >= 0.6 is 15.9 Å². The zero-order chi connectivity index (χ0) is 16.6. The Balaban J connectivity index is 1.85. The molecule has 0 bridgehead atoms. The standard InChI is InChI=1S/C15H15BrN2O4S/c1-23(20,21)18-8-2-3-10-9-11(4-5-12(10)18)17-15(19)13-6-7-14(16)22-13/h4-7,9H,2-3,8H2,1H3,(H,17,19). The molecule has 2 heterocycles. The minimum absolute atomic E-state index is 0.201. The number of hydrogen-bond acceptors (Lipinski definition) is 4. The molecule has 0 saturated heterocycles. The van der Waals surface area contributed by atoms with Crippen molar-refractivity contribution in [1.82, 2.24) is 0 Å². The maximum absolute atomic E-state index is 12.1. The lowest BCUT2D eigenvalue weighted by molar-refractivity contribution is 0.0995. The lowest BCUT2D eigenvalue weighted by Crippen LogP contribution is -2.34. The summed E-state index contributed by atoms with van der Waals surface area (Å²) in [7, 11) is -3.29. The lowest BCUT2D eigenvalue weighted by atomic mass is 10.0. The first-order valence-corrected chi connectivity index (χ1v) is 9.66. The van der Waals surface area contributed by atoms with Crippen molar-refractivity contribution in [2.24, 2.45) is 0 Å². The van der Waals surface area contributed by atoms with Crippen molar-refractivity contribution in [3.05, 3.63) is 46.3 Å². The van der Waals surface area contributed by atoms with E-state index >= 15 is 0 Å². The van der Waals surface area contributed by atoms with Gasteiger partial charge in [0.1, 0.15) is 0 Å². The highest BCUT2D eigenvalue weighted by atomic mass is 79.9. The monoisotopic (exact) mass is 398 g/mol. The Labute approximate surface area is 142 Å². The topological polar surface area (TPSA) is 79.6 Å². The molecule has 0 atom stereocenters. The van der Waals surface area contributed by atoms with Gasteiger partial charge in [0.2, 0.25) is 10.0 Å². The Kier molecular flexibility index (Phi) is 4.20. The van der Waals surface area contributed by atoms with E-state index in [9.17, 15) is 13.2 Å². The van der Waals surface area contributed by atoms with Crippen LogP contribution in [0.15, 0.2) is 39.4 Å². The third-order valence-electron chi connectivity index (χ3n) is 3.61. The first-order chi connectivity index (χ1) is 10.8. The number of furan rings is 1. The predicted molar refractivity (Wildman–Crippen MR) is 91.3 cm³/mol. The van der Waals surface area contributed by atoms with E-state index in [0.29, 0.717) is 22.6 Å². The molecular formula is C15H15BrN2O4S. The molecule has 1 aromatic carbocycles. The molecule has 0 radical (unpaired) electrons. The van der Waals surface area contributed by atoms with Crippen LogP contribution in [-0.2, 0) is 16.4 Å². The molecule has 1 aliphatic rings. The number of carbonyl (C=O) groups excluding carboxylic acids is 1. The van der Waals surface area contributed by atoms with E-state index in [-0.39, 0.29) is 11.7 Å². The van der Waals surface area contributed by atoms with Gasteiger partial charge in [0.05, 0.1) is 11.9 Å². The molecule has 1 aliphatic heterocycles. The number of rotatable bonds is 3. The maximum atomic E-state index is 12.1. The van der Waals surface area contributed by atoms with Gasteiger partial charge in [0.15, 0.2) is 10.4 Å². The summed E-state index contributed by atoms with van der Waals surface area (Å²) in [4.78, 5) is 12.1.